The first-order valence-corrected chi connectivity index (χ1v) is 5.53. The Hall–Kier alpha value is -1.31. The SMILES string of the molecule is O=C(O)CC1(NC(=O)CNCC(F)(F)F)CCC1. The monoisotopic (exact) mass is 268 g/mol. The normalized spacial score (nSPS) is 17.9. The average Bonchev–Trinajstić information content (AvgIpc) is 2.11. The maximum absolute atomic E-state index is 11.8. The summed E-state index contributed by atoms with van der Waals surface area (Å²) < 4.78 is 35.5. The summed E-state index contributed by atoms with van der Waals surface area (Å²) in [6, 6.07) is 0. The molecule has 1 aliphatic carbocycles. The van der Waals surface area contributed by atoms with Gasteiger partial charge in [-0.3, -0.25) is 9.59 Å². The van der Waals surface area contributed by atoms with Crippen molar-refractivity contribution in [2.45, 2.75) is 37.4 Å². The van der Waals surface area contributed by atoms with E-state index in [1.165, 1.54) is 0 Å². The molecule has 0 aromatic carbocycles. The molecule has 8 heteroatoms. The number of hydrogen-bond donors (Lipinski definition) is 3. The zero-order valence-electron chi connectivity index (χ0n) is 9.64. The van der Waals surface area contributed by atoms with Crippen molar-refractivity contribution in [3.8, 4) is 0 Å². The molecule has 0 aromatic heterocycles. The Labute approximate surface area is 102 Å². The van der Waals surface area contributed by atoms with Gasteiger partial charge < -0.3 is 15.7 Å². The summed E-state index contributed by atoms with van der Waals surface area (Å²) in [6.45, 7) is -1.72. The third kappa shape index (κ3) is 4.91. The van der Waals surface area contributed by atoms with E-state index in [4.69, 9.17) is 5.11 Å². The van der Waals surface area contributed by atoms with E-state index in [-0.39, 0.29) is 6.42 Å². The number of carboxylic acid groups (broad SMARTS) is 1. The fourth-order valence-electron chi connectivity index (χ4n) is 1.90. The maximum atomic E-state index is 11.8. The highest BCUT2D eigenvalue weighted by atomic mass is 19.4. The number of carbonyl (C=O) groups excluding carboxylic acids is 1. The molecule has 0 aliphatic heterocycles. The molecular weight excluding hydrogens is 253 g/mol. The van der Waals surface area contributed by atoms with Gasteiger partial charge in [-0.1, -0.05) is 0 Å². The average molecular weight is 268 g/mol. The van der Waals surface area contributed by atoms with Crippen molar-refractivity contribution in [2.75, 3.05) is 13.1 Å². The predicted octanol–water partition coefficient (Wildman–Crippen LogP) is 0.652. The Morgan fingerprint density at radius 3 is 2.28 bits per heavy atom. The molecule has 1 rings (SSSR count). The van der Waals surface area contributed by atoms with Gasteiger partial charge in [-0.05, 0) is 19.3 Å². The standard InChI is InChI=1S/C10H15F3N2O3/c11-10(12,13)6-14-5-7(16)15-9(2-1-3-9)4-8(17)18/h14H,1-6H2,(H,15,16)(H,17,18). The van der Waals surface area contributed by atoms with Gasteiger partial charge in [0.05, 0.1) is 25.0 Å². The number of nitrogens with one attached hydrogen (secondary N) is 2. The second-order valence-electron chi connectivity index (χ2n) is 4.47. The van der Waals surface area contributed by atoms with Crippen molar-refractivity contribution < 1.29 is 27.9 Å². The smallest absolute Gasteiger partial charge is 0.401 e. The number of alkyl halides is 3. The second-order valence-corrected chi connectivity index (χ2v) is 4.47. The molecular formula is C10H15F3N2O3. The van der Waals surface area contributed by atoms with Crippen LogP contribution in [-0.4, -0.2) is 41.8 Å². The van der Waals surface area contributed by atoms with Crippen molar-refractivity contribution in [1.29, 1.82) is 0 Å². The largest absolute Gasteiger partial charge is 0.481 e. The van der Waals surface area contributed by atoms with Crippen molar-refractivity contribution in [3.63, 3.8) is 0 Å². The third-order valence-electron chi connectivity index (χ3n) is 2.82. The Morgan fingerprint density at radius 2 is 1.89 bits per heavy atom. The van der Waals surface area contributed by atoms with Gasteiger partial charge in [-0.2, -0.15) is 13.2 Å². The fraction of sp³-hybridized carbons (Fsp3) is 0.800. The van der Waals surface area contributed by atoms with Crippen LogP contribution in [-0.2, 0) is 9.59 Å². The van der Waals surface area contributed by atoms with E-state index in [9.17, 15) is 22.8 Å². The highest BCUT2D eigenvalue weighted by Gasteiger charge is 2.40. The number of aliphatic carboxylic acids is 1. The molecule has 0 atom stereocenters. The summed E-state index contributed by atoms with van der Waals surface area (Å²) in [5, 5.41) is 13.2. The van der Waals surface area contributed by atoms with Crippen LogP contribution >= 0.6 is 0 Å². The van der Waals surface area contributed by atoms with E-state index in [0.717, 1.165) is 6.42 Å². The maximum Gasteiger partial charge on any atom is 0.401 e. The lowest BCUT2D eigenvalue weighted by atomic mass is 9.74. The Kier molecular flexibility index (Phi) is 4.55. The quantitative estimate of drug-likeness (QED) is 0.661. The molecule has 1 saturated carbocycles. The topological polar surface area (TPSA) is 78.4 Å². The lowest BCUT2D eigenvalue weighted by Crippen LogP contribution is -2.56. The van der Waals surface area contributed by atoms with Gasteiger partial charge in [0.1, 0.15) is 0 Å². The van der Waals surface area contributed by atoms with Crippen LogP contribution in [0.4, 0.5) is 13.2 Å². The van der Waals surface area contributed by atoms with Crippen LogP contribution in [0.2, 0.25) is 0 Å². The van der Waals surface area contributed by atoms with Gasteiger partial charge >= 0.3 is 12.1 Å². The zero-order chi connectivity index (χ0) is 13.8. The number of amides is 1. The lowest BCUT2D eigenvalue weighted by molar-refractivity contribution is -0.140. The highest BCUT2D eigenvalue weighted by Crippen LogP contribution is 2.34. The molecule has 0 aromatic rings. The minimum absolute atomic E-state index is 0.196. The first kappa shape index (κ1) is 14.7. The molecule has 1 aliphatic rings. The molecule has 0 saturated heterocycles. The van der Waals surface area contributed by atoms with Crippen molar-refractivity contribution in [2.24, 2.45) is 0 Å². The first-order valence-electron chi connectivity index (χ1n) is 5.53. The molecule has 5 nitrogen and oxygen atoms in total. The number of hydrogen-bond acceptors (Lipinski definition) is 3. The molecule has 0 heterocycles. The second kappa shape index (κ2) is 5.55. The summed E-state index contributed by atoms with van der Waals surface area (Å²) in [4.78, 5) is 22.0. The summed E-state index contributed by atoms with van der Waals surface area (Å²) in [6.07, 6.45) is -2.66. The first-order chi connectivity index (χ1) is 8.22. The molecule has 0 unspecified atom stereocenters. The van der Waals surface area contributed by atoms with Crippen LogP contribution in [0, 0.1) is 0 Å². The molecule has 3 N–H and O–H groups in total. The lowest BCUT2D eigenvalue weighted by Gasteiger charge is -2.41. The molecule has 104 valence electrons. The predicted molar refractivity (Wildman–Crippen MR) is 55.9 cm³/mol. The van der Waals surface area contributed by atoms with Crippen molar-refractivity contribution in [3.05, 3.63) is 0 Å². The van der Waals surface area contributed by atoms with Crippen LogP contribution in [0.25, 0.3) is 0 Å². The number of carboxylic acids is 1. The highest BCUT2D eigenvalue weighted by molar-refractivity contribution is 5.80. The molecule has 0 bridgehead atoms. The molecule has 0 radical (unpaired) electrons. The minimum atomic E-state index is -4.37. The van der Waals surface area contributed by atoms with Crippen LogP contribution in [0.1, 0.15) is 25.7 Å². The van der Waals surface area contributed by atoms with Gasteiger partial charge in [0, 0.05) is 0 Å². The van der Waals surface area contributed by atoms with Gasteiger partial charge in [0.15, 0.2) is 0 Å². The summed E-state index contributed by atoms with van der Waals surface area (Å²) in [5.74, 6) is -1.64. The van der Waals surface area contributed by atoms with Crippen LogP contribution in [0.3, 0.4) is 0 Å². The summed E-state index contributed by atoms with van der Waals surface area (Å²) >= 11 is 0. The van der Waals surface area contributed by atoms with Gasteiger partial charge in [-0.15, -0.1) is 0 Å². The third-order valence-corrected chi connectivity index (χ3v) is 2.82. The molecule has 1 amide bonds. The van der Waals surface area contributed by atoms with Gasteiger partial charge in [-0.25, -0.2) is 0 Å². The fourth-order valence-corrected chi connectivity index (χ4v) is 1.90. The molecule has 18 heavy (non-hydrogen) atoms. The Bertz CT molecular complexity index is 327. The van der Waals surface area contributed by atoms with Crippen molar-refractivity contribution >= 4 is 11.9 Å². The molecule has 1 fully saturated rings. The van der Waals surface area contributed by atoms with Crippen LogP contribution in [0.5, 0.6) is 0 Å². The van der Waals surface area contributed by atoms with E-state index in [2.05, 4.69) is 5.32 Å². The van der Waals surface area contributed by atoms with Crippen LogP contribution in [0.15, 0.2) is 0 Å². The van der Waals surface area contributed by atoms with E-state index in [0.29, 0.717) is 12.8 Å². The number of carbonyl (C=O) groups is 2. The van der Waals surface area contributed by atoms with Gasteiger partial charge in [0.25, 0.3) is 0 Å². The Morgan fingerprint density at radius 1 is 1.28 bits per heavy atom. The van der Waals surface area contributed by atoms with E-state index in [1.54, 1.807) is 0 Å². The minimum Gasteiger partial charge on any atom is -0.481 e. The zero-order valence-corrected chi connectivity index (χ0v) is 9.64. The Balaban J connectivity index is 2.32. The number of rotatable bonds is 6. The van der Waals surface area contributed by atoms with E-state index >= 15 is 0 Å². The summed E-state index contributed by atoms with van der Waals surface area (Å²) in [7, 11) is 0. The van der Waals surface area contributed by atoms with Crippen LogP contribution < -0.4 is 10.6 Å². The molecule has 0 spiro atoms. The van der Waals surface area contributed by atoms with E-state index < -0.39 is 36.7 Å². The van der Waals surface area contributed by atoms with E-state index in [1.807, 2.05) is 5.32 Å². The number of halogens is 3. The van der Waals surface area contributed by atoms with Crippen molar-refractivity contribution in [1.82, 2.24) is 10.6 Å². The van der Waals surface area contributed by atoms with Gasteiger partial charge in [0.2, 0.25) is 5.91 Å². The summed E-state index contributed by atoms with van der Waals surface area (Å²) in [5.41, 5.74) is -0.775.